The summed E-state index contributed by atoms with van der Waals surface area (Å²) in [7, 11) is 2.98. The first-order valence-electron chi connectivity index (χ1n) is 14.1. The zero-order valence-electron chi connectivity index (χ0n) is 23.8. The maximum absolute atomic E-state index is 12.9. The van der Waals surface area contributed by atoms with Crippen molar-refractivity contribution in [3.63, 3.8) is 0 Å². The predicted molar refractivity (Wildman–Crippen MR) is 156 cm³/mol. The molecule has 1 aliphatic carbocycles. The van der Waals surface area contributed by atoms with Crippen LogP contribution < -0.4 is 4.74 Å². The van der Waals surface area contributed by atoms with E-state index in [1.165, 1.54) is 31.9 Å². The molecular weight excluding hydrogens is 520 g/mol. The van der Waals surface area contributed by atoms with Crippen LogP contribution in [0.25, 0.3) is 33.8 Å². The zero-order valence-corrected chi connectivity index (χ0v) is 23.8. The van der Waals surface area contributed by atoms with E-state index in [0.717, 1.165) is 51.9 Å². The van der Waals surface area contributed by atoms with E-state index < -0.39 is 11.9 Å². The molecule has 0 atom stereocenters. The van der Waals surface area contributed by atoms with Crippen LogP contribution in [0.1, 0.15) is 95.6 Å². The van der Waals surface area contributed by atoms with Crippen LogP contribution in [0.3, 0.4) is 0 Å². The normalized spacial score (nSPS) is 15.3. The molecule has 0 bridgehead atoms. The molecule has 0 saturated heterocycles. The molecule has 1 aliphatic heterocycles. The fraction of sp³-hybridized carbons (Fsp3) is 0.375. The Bertz CT molecular complexity index is 1700. The van der Waals surface area contributed by atoms with E-state index in [0.29, 0.717) is 18.2 Å². The van der Waals surface area contributed by atoms with Gasteiger partial charge in [0.05, 0.1) is 32.0 Å². The molecule has 1 N–H and O–H groups in total. The largest absolute Gasteiger partial charge is 0.497 e. The van der Waals surface area contributed by atoms with Gasteiger partial charge in [0.15, 0.2) is 5.69 Å². The number of aromatic nitrogens is 4. The molecule has 9 nitrogen and oxygen atoms in total. The number of benzene rings is 2. The lowest BCUT2D eigenvalue weighted by atomic mass is 9.81. The fourth-order valence-electron chi connectivity index (χ4n) is 6.51. The molecule has 2 aromatic heterocycles. The second kappa shape index (κ2) is 10.5. The van der Waals surface area contributed by atoms with Crippen molar-refractivity contribution in [1.29, 1.82) is 0 Å². The number of nitrogens with zero attached hydrogens (tertiary/aromatic N) is 4. The average Bonchev–Trinajstić information content (AvgIpc) is 3.52. The molecule has 2 aliphatic rings. The quantitative estimate of drug-likeness (QED) is 0.268. The van der Waals surface area contributed by atoms with Crippen LogP contribution in [-0.4, -0.2) is 50.8 Å². The number of fused-ring (bicyclic) bond motifs is 5. The average molecular weight is 555 g/mol. The van der Waals surface area contributed by atoms with Gasteiger partial charge in [-0.05, 0) is 80.1 Å². The fourth-order valence-corrected chi connectivity index (χ4v) is 6.51. The summed E-state index contributed by atoms with van der Waals surface area (Å²) < 4.78 is 14.7. The Labute approximate surface area is 238 Å². The van der Waals surface area contributed by atoms with Gasteiger partial charge >= 0.3 is 11.9 Å². The molecule has 1 saturated carbocycles. The topological polar surface area (TPSA) is 108 Å². The molecule has 9 heteroatoms. The number of esters is 1. The monoisotopic (exact) mass is 554 g/mol. The van der Waals surface area contributed by atoms with Crippen LogP contribution in [0.15, 0.2) is 36.4 Å². The Morgan fingerprint density at radius 2 is 1.80 bits per heavy atom. The molecule has 0 radical (unpaired) electrons. The van der Waals surface area contributed by atoms with Crippen molar-refractivity contribution in [1.82, 2.24) is 19.6 Å². The number of allylic oxidation sites excluding steroid dienone is 1. The lowest BCUT2D eigenvalue weighted by molar-refractivity contribution is 0.0592. The second-order valence-corrected chi connectivity index (χ2v) is 11.2. The van der Waals surface area contributed by atoms with E-state index in [2.05, 4.69) is 27.0 Å². The minimum atomic E-state index is -0.966. The molecule has 41 heavy (non-hydrogen) atoms. The van der Waals surface area contributed by atoms with Crippen LogP contribution >= 0.6 is 0 Å². The summed E-state index contributed by atoms with van der Waals surface area (Å²) >= 11 is 0. The molecule has 3 heterocycles. The molecule has 0 unspecified atom stereocenters. The number of methoxy groups -OCH3 is 2. The van der Waals surface area contributed by atoms with E-state index in [1.807, 2.05) is 32.0 Å². The molecular formula is C32H34N4O5. The molecule has 2 aromatic carbocycles. The summed E-state index contributed by atoms with van der Waals surface area (Å²) in [6.07, 6.45) is 7.83. The van der Waals surface area contributed by atoms with Crippen molar-refractivity contribution >= 4 is 34.5 Å². The van der Waals surface area contributed by atoms with Gasteiger partial charge in [-0.2, -0.15) is 0 Å². The lowest BCUT2D eigenvalue weighted by Gasteiger charge is -2.24. The van der Waals surface area contributed by atoms with Crippen LogP contribution in [0.2, 0.25) is 0 Å². The van der Waals surface area contributed by atoms with Gasteiger partial charge in [0, 0.05) is 28.1 Å². The Hall–Kier alpha value is -4.40. The summed E-state index contributed by atoms with van der Waals surface area (Å²) in [6.45, 7) is 4.37. The summed E-state index contributed by atoms with van der Waals surface area (Å²) in [5, 5.41) is 19.5. The third kappa shape index (κ3) is 4.49. The molecule has 6 rings (SSSR count). The Kier molecular flexibility index (Phi) is 6.89. The van der Waals surface area contributed by atoms with Gasteiger partial charge in [0.1, 0.15) is 11.4 Å². The zero-order chi connectivity index (χ0) is 28.8. The van der Waals surface area contributed by atoms with Gasteiger partial charge in [-0.3, -0.25) is 0 Å². The SMILES string of the molecule is COC(=O)c1nnn(C(C)C)c1C1=Cc2cc(OC)ccc2-c2c(C3CCCCC3)c3ccc(C(=O)O)cc3n2C1. The standard InChI is InChI=1S/C32H34N4O5/c1-18(2)36-29(28(33-34-36)32(39)41-4)22-14-21-15-23(40-3)11-13-24(21)30-27(19-8-6-5-7-9-19)25-12-10-20(31(37)38)16-26(25)35(30)17-22/h10-16,18-19H,5-9,17H2,1-4H3,(H,37,38). The van der Waals surface area contributed by atoms with Gasteiger partial charge in [-0.25, -0.2) is 14.3 Å². The smallest absolute Gasteiger partial charge is 0.360 e. The molecule has 0 spiro atoms. The first kappa shape index (κ1) is 26.8. The minimum absolute atomic E-state index is 0.0675. The van der Waals surface area contributed by atoms with Crippen molar-refractivity contribution in [2.24, 2.45) is 0 Å². The molecule has 0 amide bonds. The van der Waals surface area contributed by atoms with E-state index in [1.54, 1.807) is 23.9 Å². The highest BCUT2D eigenvalue weighted by Gasteiger charge is 2.32. The van der Waals surface area contributed by atoms with Crippen molar-refractivity contribution < 1.29 is 24.2 Å². The lowest BCUT2D eigenvalue weighted by Crippen LogP contribution is -2.13. The number of carbonyl (C=O) groups is 2. The minimum Gasteiger partial charge on any atom is -0.497 e. The van der Waals surface area contributed by atoms with Crippen LogP contribution in [0, 0.1) is 0 Å². The predicted octanol–water partition coefficient (Wildman–Crippen LogP) is 6.58. The highest BCUT2D eigenvalue weighted by Crippen LogP contribution is 2.48. The number of rotatable bonds is 6. The van der Waals surface area contributed by atoms with E-state index in [-0.39, 0.29) is 17.3 Å². The Morgan fingerprint density at radius 3 is 2.49 bits per heavy atom. The van der Waals surface area contributed by atoms with E-state index in [4.69, 9.17) is 9.47 Å². The van der Waals surface area contributed by atoms with Crippen LogP contribution in [0.4, 0.5) is 0 Å². The summed E-state index contributed by atoms with van der Waals surface area (Å²) in [6, 6.07) is 11.4. The Morgan fingerprint density at radius 1 is 1.02 bits per heavy atom. The first-order valence-corrected chi connectivity index (χ1v) is 14.1. The number of ether oxygens (including phenoxy) is 2. The Balaban J connectivity index is 1.70. The third-order valence-electron chi connectivity index (χ3n) is 8.40. The number of carboxylic acids is 1. The van der Waals surface area contributed by atoms with Gasteiger partial charge in [-0.1, -0.05) is 30.5 Å². The number of hydrogen-bond donors (Lipinski definition) is 1. The van der Waals surface area contributed by atoms with Crippen molar-refractivity contribution in [2.45, 2.75) is 64.5 Å². The summed E-state index contributed by atoms with van der Waals surface area (Å²) in [4.78, 5) is 25.0. The van der Waals surface area contributed by atoms with Crippen LogP contribution in [-0.2, 0) is 11.3 Å². The highest BCUT2D eigenvalue weighted by molar-refractivity contribution is 6.02. The maximum Gasteiger partial charge on any atom is 0.360 e. The van der Waals surface area contributed by atoms with Gasteiger partial charge in [-0.15, -0.1) is 5.10 Å². The van der Waals surface area contributed by atoms with Crippen molar-refractivity contribution in [3.05, 3.63) is 64.5 Å². The maximum atomic E-state index is 12.9. The van der Waals surface area contributed by atoms with E-state index >= 15 is 0 Å². The summed E-state index contributed by atoms with van der Waals surface area (Å²) in [5.74, 6) is -0.439. The second-order valence-electron chi connectivity index (χ2n) is 11.2. The van der Waals surface area contributed by atoms with Crippen molar-refractivity contribution in [3.8, 4) is 17.0 Å². The third-order valence-corrected chi connectivity index (χ3v) is 8.40. The number of carbonyl (C=O) groups excluding carboxylic acids is 1. The van der Waals surface area contributed by atoms with Crippen molar-refractivity contribution in [2.75, 3.05) is 14.2 Å². The first-order chi connectivity index (χ1) is 19.8. The van der Waals surface area contributed by atoms with E-state index in [9.17, 15) is 14.7 Å². The number of hydrogen-bond acceptors (Lipinski definition) is 6. The van der Waals surface area contributed by atoms with Gasteiger partial charge in [0.2, 0.25) is 0 Å². The van der Waals surface area contributed by atoms with Gasteiger partial charge in [0.25, 0.3) is 0 Å². The molecule has 4 aromatic rings. The van der Waals surface area contributed by atoms with Gasteiger partial charge < -0.3 is 19.1 Å². The molecule has 212 valence electrons. The highest BCUT2D eigenvalue weighted by atomic mass is 16.5. The summed E-state index contributed by atoms with van der Waals surface area (Å²) in [5.41, 5.74) is 6.99. The number of aromatic carboxylic acids is 1. The molecule has 1 fully saturated rings. The van der Waals surface area contributed by atoms with Crippen LogP contribution in [0.5, 0.6) is 5.75 Å². The number of carboxylic acid groups (broad SMARTS) is 1.